The number of rotatable bonds is 2. The normalized spacial score (nSPS) is 17.9. The van der Waals surface area contributed by atoms with E-state index in [1.54, 1.807) is 38.1 Å². The van der Waals surface area contributed by atoms with Gasteiger partial charge in [0.2, 0.25) is 0 Å². The number of alkyl carbamates (subject to hydrolysis) is 1. The van der Waals surface area contributed by atoms with Gasteiger partial charge in [0, 0.05) is 5.02 Å². The molecule has 0 saturated heterocycles. The molecule has 1 atom stereocenters. The largest absolute Gasteiger partial charge is 0.450 e. The number of carbonyl (C=O) groups is 2. The molecule has 0 bridgehead atoms. The van der Waals surface area contributed by atoms with Gasteiger partial charge in [0.05, 0.1) is 18.2 Å². The molecule has 1 N–H and O–H groups in total. The van der Waals surface area contributed by atoms with E-state index in [4.69, 9.17) is 16.3 Å². The summed E-state index contributed by atoms with van der Waals surface area (Å²) in [6.45, 7) is 3.61. The molecule has 0 spiro atoms. The van der Waals surface area contributed by atoms with Crippen molar-refractivity contribution in [2.75, 3.05) is 11.6 Å². The number of amidine groups is 1. The van der Waals surface area contributed by atoms with E-state index in [1.165, 1.54) is 5.01 Å². The van der Waals surface area contributed by atoms with Gasteiger partial charge in [-0.15, -0.1) is 0 Å². The van der Waals surface area contributed by atoms with Gasteiger partial charge >= 0.3 is 6.09 Å². The molecule has 1 aromatic carbocycles. The van der Waals surface area contributed by atoms with Gasteiger partial charge in [-0.1, -0.05) is 17.7 Å². The van der Waals surface area contributed by atoms with Crippen LogP contribution in [0.2, 0.25) is 5.02 Å². The maximum Gasteiger partial charge on any atom is 0.412 e. The van der Waals surface area contributed by atoms with Crippen molar-refractivity contribution in [2.45, 2.75) is 13.8 Å². The van der Waals surface area contributed by atoms with Crippen molar-refractivity contribution in [1.29, 1.82) is 0 Å². The number of benzene rings is 1. The highest BCUT2D eigenvalue weighted by molar-refractivity contribution is 6.31. The molecule has 2 rings (SSSR count). The van der Waals surface area contributed by atoms with Crippen molar-refractivity contribution in [3.63, 3.8) is 0 Å². The quantitative estimate of drug-likeness (QED) is 0.910. The number of nitrogens with one attached hydrogen (secondary N) is 1. The highest BCUT2D eigenvalue weighted by Crippen LogP contribution is 2.25. The molecule has 1 unspecified atom stereocenters. The second kappa shape index (κ2) is 5.92. The van der Waals surface area contributed by atoms with E-state index in [2.05, 4.69) is 10.4 Å². The molecule has 0 aliphatic carbocycles. The molecule has 1 aromatic rings. The molecular weight excluding hydrogens is 282 g/mol. The van der Waals surface area contributed by atoms with Gasteiger partial charge in [0.1, 0.15) is 5.84 Å². The average molecular weight is 296 g/mol. The van der Waals surface area contributed by atoms with Crippen LogP contribution in [0.3, 0.4) is 0 Å². The molecule has 106 valence electrons. The lowest BCUT2D eigenvalue weighted by Gasteiger charge is -2.12. The van der Waals surface area contributed by atoms with Crippen LogP contribution in [0.15, 0.2) is 29.4 Å². The van der Waals surface area contributed by atoms with Crippen LogP contribution in [0.25, 0.3) is 0 Å². The van der Waals surface area contributed by atoms with Crippen molar-refractivity contribution in [2.24, 2.45) is 11.0 Å². The fourth-order valence-electron chi connectivity index (χ4n) is 1.74. The Labute approximate surface area is 121 Å². The number of halogens is 1. The first-order valence-electron chi connectivity index (χ1n) is 6.14. The topological polar surface area (TPSA) is 71.0 Å². The summed E-state index contributed by atoms with van der Waals surface area (Å²) in [6, 6.07) is 6.77. The Morgan fingerprint density at radius 1 is 1.55 bits per heavy atom. The Bertz CT molecular complexity index is 574. The van der Waals surface area contributed by atoms with Crippen LogP contribution >= 0.6 is 11.6 Å². The monoisotopic (exact) mass is 295 g/mol. The van der Waals surface area contributed by atoms with Crippen LogP contribution in [0.4, 0.5) is 10.5 Å². The Morgan fingerprint density at radius 2 is 2.30 bits per heavy atom. The average Bonchev–Trinajstić information content (AvgIpc) is 2.67. The lowest BCUT2D eigenvalue weighted by molar-refractivity contribution is -0.119. The van der Waals surface area contributed by atoms with Crippen LogP contribution in [-0.4, -0.2) is 24.4 Å². The second-order valence-electron chi connectivity index (χ2n) is 4.18. The summed E-state index contributed by atoms with van der Waals surface area (Å²) in [6.07, 6.45) is -0.626. The zero-order chi connectivity index (χ0) is 14.7. The third-order valence-corrected chi connectivity index (χ3v) is 2.99. The predicted octanol–water partition coefficient (Wildman–Crippen LogP) is 2.38. The Kier molecular flexibility index (Phi) is 4.24. The summed E-state index contributed by atoms with van der Waals surface area (Å²) in [5.41, 5.74) is 0.551. The van der Waals surface area contributed by atoms with Crippen molar-refractivity contribution in [3.05, 3.63) is 29.3 Å². The summed E-state index contributed by atoms with van der Waals surface area (Å²) < 4.78 is 4.77. The van der Waals surface area contributed by atoms with E-state index in [9.17, 15) is 9.59 Å². The summed E-state index contributed by atoms with van der Waals surface area (Å²) in [5, 5.41) is 8.31. The van der Waals surface area contributed by atoms with Gasteiger partial charge < -0.3 is 4.74 Å². The summed E-state index contributed by atoms with van der Waals surface area (Å²) in [5.74, 6) is -0.522. The third-order valence-electron chi connectivity index (χ3n) is 2.76. The van der Waals surface area contributed by atoms with Gasteiger partial charge in [-0.05, 0) is 32.0 Å². The Balaban J connectivity index is 2.21. The zero-order valence-corrected chi connectivity index (χ0v) is 11.8. The molecule has 0 saturated carbocycles. The molecule has 2 amide bonds. The van der Waals surface area contributed by atoms with Crippen molar-refractivity contribution < 1.29 is 14.3 Å². The van der Waals surface area contributed by atoms with Crippen molar-refractivity contribution in [3.8, 4) is 0 Å². The van der Waals surface area contributed by atoms with Crippen LogP contribution in [-0.2, 0) is 9.53 Å². The Hall–Kier alpha value is -2.08. The molecule has 6 nitrogen and oxygen atoms in total. The molecule has 0 radical (unpaired) electrons. The Morgan fingerprint density at radius 3 is 2.95 bits per heavy atom. The first-order valence-corrected chi connectivity index (χ1v) is 6.52. The SMILES string of the molecule is CCOC(=O)NC1=NN(c2cccc(Cl)c2)C(=O)C1C. The lowest BCUT2D eigenvalue weighted by atomic mass is 10.1. The minimum Gasteiger partial charge on any atom is -0.450 e. The summed E-state index contributed by atoms with van der Waals surface area (Å²) in [7, 11) is 0. The smallest absolute Gasteiger partial charge is 0.412 e. The van der Waals surface area contributed by atoms with Crippen LogP contribution in [0.5, 0.6) is 0 Å². The van der Waals surface area contributed by atoms with E-state index in [1.807, 2.05) is 0 Å². The highest BCUT2D eigenvalue weighted by Gasteiger charge is 2.34. The third kappa shape index (κ3) is 2.91. The molecule has 20 heavy (non-hydrogen) atoms. The number of carbonyl (C=O) groups excluding carboxylic acids is 2. The van der Waals surface area contributed by atoms with Gasteiger partial charge in [-0.2, -0.15) is 10.1 Å². The number of hydrogen-bond donors (Lipinski definition) is 1. The lowest BCUT2D eigenvalue weighted by Crippen LogP contribution is -2.35. The van der Waals surface area contributed by atoms with Crippen LogP contribution in [0.1, 0.15) is 13.8 Å². The van der Waals surface area contributed by atoms with Gasteiger partial charge in [-0.3, -0.25) is 10.1 Å². The molecule has 0 aromatic heterocycles. The minimum atomic E-state index is -0.626. The number of anilines is 1. The molecular formula is C13H14ClN3O3. The molecule has 1 heterocycles. The van der Waals surface area contributed by atoms with Gasteiger partial charge in [0.15, 0.2) is 0 Å². The van der Waals surface area contributed by atoms with Crippen molar-refractivity contribution in [1.82, 2.24) is 5.32 Å². The van der Waals surface area contributed by atoms with Gasteiger partial charge in [0.25, 0.3) is 5.91 Å². The van der Waals surface area contributed by atoms with Crippen molar-refractivity contribution >= 4 is 35.1 Å². The molecule has 7 heteroatoms. The van der Waals surface area contributed by atoms with E-state index in [-0.39, 0.29) is 18.3 Å². The van der Waals surface area contributed by atoms with Crippen LogP contribution < -0.4 is 10.3 Å². The summed E-state index contributed by atoms with van der Waals surface area (Å²) in [4.78, 5) is 23.5. The van der Waals surface area contributed by atoms with E-state index in [0.717, 1.165) is 0 Å². The molecule has 1 aliphatic heterocycles. The van der Waals surface area contributed by atoms with Crippen LogP contribution in [0, 0.1) is 5.92 Å². The fourth-order valence-corrected chi connectivity index (χ4v) is 1.93. The maximum absolute atomic E-state index is 12.1. The number of nitrogens with zero attached hydrogens (tertiary/aromatic N) is 2. The first kappa shape index (κ1) is 14.3. The van der Waals surface area contributed by atoms with E-state index >= 15 is 0 Å². The van der Waals surface area contributed by atoms with E-state index in [0.29, 0.717) is 10.7 Å². The highest BCUT2D eigenvalue weighted by atomic mass is 35.5. The maximum atomic E-state index is 12.1. The van der Waals surface area contributed by atoms with E-state index < -0.39 is 12.0 Å². The zero-order valence-electron chi connectivity index (χ0n) is 11.1. The molecule has 1 aliphatic rings. The number of hydrogen-bond acceptors (Lipinski definition) is 4. The first-order chi connectivity index (χ1) is 9.52. The molecule has 0 fully saturated rings. The number of hydrazone groups is 1. The standard InChI is InChI=1S/C13H14ClN3O3/c1-3-20-13(19)15-11-8(2)12(18)17(16-11)10-6-4-5-9(14)7-10/h4-8H,3H2,1-2H3,(H,15,16,19). The number of ether oxygens (including phenoxy) is 1. The fraction of sp³-hybridized carbons (Fsp3) is 0.308. The second-order valence-corrected chi connectivity index (χ2v) is 4.62. The minimum absolute atomic E-state index is 0.237. The number of amides is 2. The summed E-state index contributed by atoms with van der Waals surface area (Å²) >= 11 is 5.89. The predicted molar refractivity (Wildman–Crippen MR) is 75.7 cm³/mol. The van der Waals surface area contributed by atoms with Gasteiger partial charge in [-0.25, -0.2) is 4.79 Å².